The van der Waals surface area contributed by atoms with Crippen molar-refractivity contribution in [2.45, 2.75) is 12.1 Å². The van der Waals surface area contributed by atoms with Crippen LogP contribution in [0.3, 0.4) is 0 Å². The number of nitrogens with zero attached hydrogens (tertiary/aromatic N) is 2. The Kier molecular flexibility index (Phi) is 5.10. The normalized spacial score (nSPS) is 19.9. The number of alkyl halides is 3. The van der Waals surface area contributed by atoms with E-state index in [0.29, 0.717) is 10.6 Å². The highest BCUT2D eigenvalue weighted by molar-refractivity contribution is 6.30. The van der Waals surface area contributed by atoms with Gasteiger partial charge in [0.1, 0.15) is 0 Å². The second-order valence-electron chi connectivity index (χ2n) is 6.21. The van der Waals surface area contributed by atoms with Gasteiger partial charge in [0.15, 0.2) is 5.69 Å². The van der Waals surface area contributed by atoms with Gasteiger partial charge >= 0.3 is 12.1 Å². The molecule has 2 atom stereocenters. The summed E-state index contributed by atoms with van der Waals surface area (Å²) in [5.41, 5.74) is -1.22. The summed E-state index contributed by atoms with van der Waals surface area (Å²) in [4.78, 5) is 28.7. The van der Waals surface area contributed by atoms with Crippen LogP contribution in [0.25, 0.3) is 0 Å². The van der Waals surface area contributed by atoms with Crippen molar-refractivity contribution in [2.75, 3.05) is 13.1 Å². The number of aliphatic carboxylic acids is 1. The summed E-state index contributed by atoms with van der Waals surface area (Å²) in [6.07, 6.45) is -3.83. The number of hydrogen-bond donors (Lipinski definition) is 1. The van der Waals surface area contributed by atoms with Crippen LogP contribution in [0.15, 0.2) is 42.6 Å². The Balaban J connectivity index is 1.91. The number of halogens is 4. The Hall–Kier alpha value is -2.61. The van der Waals surface area contributed by atoms with Crippen LogP contribution in [0.4, 0.5) is 13.2 Å². The quantitative estimate of drug-likeness (QED) is 0.856. The summed E-state index contributed by atoms with van der Waals surface area (Å²) >= 11 is 5.84. The van der Waals surface area contributed by atoms with Gasteiger partial charge in [-0.25, -0.2) is 0 Å². The molecule has 0 bridgehead atoms. The SMILES string of the molecule is O=C(O)[C@@H]1CN(C(=O)c2cccnc2C(F)(F)F)C[C@H]1c1ccc(Cl)cc1. The summed E-state index contributed by atoms with van der Waals surface area (Å²) in [5, 5.41) is 9.97. The minimum atomic E-state index is -4.78. The summed E-state index contributed by atoms with van der Waals surface area (Å²) in [5.74, 6) is -3.48. The van der Waals surface area contributed by atoms with Gasteiger partial charge in [-0.1, -0.05) is 23.7 Å². The molecular weight excluding hydrogens is 385 g/mol. The molecule has 0 aliphatic carbocycles. The van der Waals surface area contributed by atoms with Crippen molar-refractivity contribution in [3.63, 3.8) is 0 Å². The van der Waals surface area contributed by atoms with Crippen molar-refractivity contribution in [1.29, 1.82) is 0 Å². The lowest BCUT2D eigenvalue weighted by molar-refractivity contribution is -0.142. The summed E-state index contributed by atoms with van der Waals surface area (Å²) in [7, 11) is 0. The van der Waals surface area contributed by atoms with Crippen molar-refractivity contribution in [3.8, 4) is 0 Å². The van der Waals surface area contributed by atoms with Gasteiger partial charge in [-0.05, 0) is 29.8 Å². The Bertz CT molecular complexity index is 871. The minimum absolute atomic E-state index is 0.0103. The maximum absolute atomic E-state index is 13.1. The molecule has 1 aromatic heterocycles. The number of likely N-dealkylation sites (tertiary alicyclic amines) is 1. The smallest absolute Gasteiger partial charge is 0.434 e. The number of carbonyl (C=O) groups is 2. The first kappa shape index (κ1) is 19.2. The molecule has 5 nitrogen and oxygen atoms in total. The maximum Gasteiger partial charge on any atom is 0.434 e. The standard InChI is InChI=1S/C18H14ClF3N2O3/c19-11-5-3-10(4-6-11)13-8-24(9-14(13)17(26)27)16(25)12-2-1-7-23-15(12)18(20,21)22/h1-7,13-14H,8-9H2,(H,26,27)/t13-,14+/m0/s1. The Morgan fingerprint density at radius 1 is 1.15 bits per heavy atom. The molecule has 2 heterocycles. The van der Waals surface area contributed by atoms with Gasteiger partial charge in [0.2, 0.25) is 0 Å². The Morgan fingerprint density at radius 2 is 1.81 bits per heavy atom. The topological polar surface area (TPSA) is 70.5 Å². The lowest BCUT2D eigenvalue weighted by atomic mass is 9.89. The third kappa shape index (κ3) is 3.90. The number of pyridine rings is 1. The van der Waals surface area contributed by atoms with Gasteiger partial charge in [-0.3, -0.25) is 14.6 Å². The zero-order valence-electron chi connectivity index (χ0n) is 13.8. The average Bonchev–Trinajstić information content (AvgIpc) is 3.06. The number of rotatable bonds is 3. The molecule has 0 saturated carbocycles. The molecule has 2 aromatic rings. The third-order valence-corrected chi connectivity index (χ3v) is 4.78. The predicted octanol–water partition coefficient (Wildman–Crippen LogP) is 3.69. The fourth-order valence-electron chi connectivity index (χ4n) is 3.24. The van der Waals surface area contributed by atoms with E-state index in [1.54, 1.807) is 24.3 Å². The highest BCUT2D eigenvalue weighted by Gasteiger charge is 2.43. The van der Waals surface area contributed by atoms with Crippen LogP contribution in [0.2, 0.25) is 5.02 Å². The van der Waals surface area contributed by atoms with Gasteiger partial charge in [0.25, 0.3) is 5.91 Å². The molecule has 3 rings (SSSR count). The monoisotopic (exact) mass is 398 g/mol. The van der Waals surface area contributed by atoms with Crippen LogP contribution >= 0.6 is 11.6 Å². The summed E-state index contributed by atoms with van der Waals surface area (Å²) in [6, 6.07) is 8.80. The summed E-state index contributed by atoms with van der Waals surface area (Å²) < 4.78 is 39.4. The molecule has 1 saturated heterocycles. The van der Waals surface area contributed by atoms with E-state index in [0.717, 1.165) is 17.2 Å². The van der Waals surface area contributed by atoms with Crippen LogP contribution in [0.5, 0.6) is 0 Å². The highest BCUT2D eigenvalue weighted by Crippen LogP contribution is 2.36. The minimum Gasteiger partial charge on any atom is -0.481 e. The van der Waals surface area contributed by atoms with E-state index in [1.807, 2.05) is 0 Å². The first-order chi connectivity index (χ1) is 12.7. The molecule has 0 unspecified atom stereocenters. The molecule has 142 valence electrons. The number of aromatic nitrogens is 1. The Morgan fingerprint density at radius 3 is 2.41 bits per heavy atom. The highest BCUT2D eigenvalue weighted by atomic mass is 35.5. The number of amides is 1. The first-order valence-corrected chi connectivity index (χ1v) is 8.36. The van der Waals surface area contributed by atoms with Crippen molar-refractivity contribution in [2.24, 2.45) is 5.92 Å². The Labute approximate surface area is 157 Å². The average molecular weight is 399 g/mol. The molecule has 0 radical (unpaired) electrons. The molecule has 27 heavy (non-hydrogen) atoms. The van der Waals surface area contributed by atoms with E-state index in [9.17, 15) is 27.9 Å². The fraction of sp³-hybridized carbons (Fsp3) is 0.278. The molecule has 1 N–H and O–H groups in total. The lowest BCUT2D eigenvalue weighted by Crippen LogP contribution is -2.32. The third-order valence-electron chi connectivity index (χ3n) is 4.53. The van der Waals surface area contributed by atoms with Gasteiger partial charge in [0.05, 0.1) is 11.5 Å². The van der Waals surface area contributed by atoms with Crippen LogP contribution in [-0.4, -0.2) is 40.0 Å². The van der Waals surface area contributed by atoms with Crippen molar-refractivity contribution in [3.05, 3.63) is 64.4 Å². The molecule has 1 aliphatic heterocycles. The van der Waals surface area contributed by atoms with Crippen LogP contribution < -0.4 is 0 Å². The number of carboxylic acid groups (broad SMARTS) is 1. The molecule has 1 aliphatic rings. The number of carbonyl (C=O) groups excluding carboxylic acids is 1. The molecular formula is C18H14ClF3N2O3. The van der Waals surface area contributed by atoms with E-state index in [-0.39, 0.29) is 13.1 Å². The van der Waals surface area contributed by atoms with Crippen molar-refractivity contribution < 1.29 is 27.9 Å². The van der Waals surface area contributed by atoms with Crippen LogP contribution in [0.1, 0.15) is 27.5 Å². The number of carboxylic acids is 1. The predicted molar refractivity (Wildman–Crippen MR) is 90.5 cm³/mol. The van der Waals surface area contributed by atoms with E-state index in [4.69, 9.17) is 11.6 Å². The van der Waals surface area contributed by atoms with E-state index in [2.05, 4.69) is 4.98 Å². The zero-order valence-corrected chi connectivity index (χ0v) is 14.5. The zero-order chi connectivity index (χ0) is 19.8. The van der Waals surface area contributed by atoms with E-state index < -0.39 is 41.1 Å². The van der Waals surface area contributed by atoms with Gasteiger partial charge in [-0.15, -0.1) is 0 Å². The second-order valence-corrected chi connectivity index (χ2v) is 6.65. The van der Waals surface area contributed by atoms with Crippen LogP contribution in [0, 0.1) is 5.92 Å². The lowest BCUT2D eigenvalue weighted by Gasteiger charge is -2.19. The fourth-order valence-corrected chi connectivity index (χ4v) is 3.37. The number of hydrogen-bond acceptors (Lipinski definition) is 3. The van der Waals surface area contributed by atoms with Crippen molar-refractivity contribution in [1.82, 2.24) is 9.88 Å². The van der Waals surface area contributed by atoms with E-state index >= 15 is 0 Å². The van der Waals surface area contributed by atoms with Gasteiger partial charge in [-0.2, -0.15) is 13.2 Å². The van der Waals surface area contributed by atoms with Crippen molar-refractivity contribution >= 4 is 23.5 Å². The molecule has 1 amide bonds. The maximum atomic E-state index is 13.1. The number of benzene rings is 1. The second kappa shape index (κ2) is 7.19. The van der Waals surface area contributed by atoms with Crippen LogP contribution in [-0.2, 0) is 11.0 Å². The molecule has 9 heteroatoms. The largest absolute Gasteiger partial charge is 0.481 e. The molecule has 0 spiro atoms. The molecule has 1 fully saturated rings. The van der Waals surface area contributed by atoms with E-state index in [1.165, 1.54) is 6.07 Å². The van der Waals surface area contributed by atoms with Gasteiger partial charge < -0.3 is 10.0 Å². The first-order valence-electron chi connectivity index (χ1n) is 7.98. The molecule has 1 aromatic carbocycles. The summed E-state index contributed by atoms with van der Waals surface area (Å²) in [6.45, 7) is -0.197. The van der Waals surface area contributed by atoms with Gasteiger partial charge in [0, 0.05) is 30.2 Å².